The molecule has 0 amide bonds. The van der Waals surface area contributed by atoms with Gasteiger partial charge in [-0.3, -0.25) is 0 Å². The molecule has 2 N–H and O–H groups in total. The molecule has 1 aliphatic heterocycles. The van der Waals surface area contributed by atoms with Gasteiger partial charge in [-0.2, -0.15) is 0 Å². The van der Waals surface area contributed by atoms with Crippen molar-refractivity contribution in [2.75, 3.05) is 5.73 Å². The van der Waals surface area contributed by atoms with Gasteiger partial charge in [0.15, 0.2) is 34.6 Å². The van der Waals surface area contributed by atoms with Gasteiger partial charge >= 0.3 is 0 Å². The highest BCUT2D eigenvalue weighted by atomic mass is 35.5. The lowest BCUT2D eigenvalue weighted by Crippen LogP contribution is -2.35. The maximum Gasteiger partial charge on any atom is 0.192 e. The van der Waals surface area contributed by atoms with E-state index in [1.54, 1.807) is 17.6 Å². The number of nitrogens with two attached hydrogens (primary N) is 1. The molecule has 2 aromatic carbocycles. The Morgan fingerprint density at radius 1 is 1.07 bits per heavy atom. The van der Waals surface area contributed by atoms with Gasteiger partial charge in [0, 0.05) is 22.7 Å². The maximum atomic E-state index is 14.5. The van der Waals surface area contributed by atoms with Crippen LogP contribution < -0.4 is 10.5 Å². The van der Waals surface area contributed by atoms with Gasteiger partial charge in [-0.05, 0) is 44.2 Å². The number of halogens is 4. The third kappa shape index (κ3) is 2.93. The number of hydrogen-bond donors (Lipinski definition) is 1. The third-order valence-corrected chi connectivity index (χ3v) is 5.87. The second-order valence-electron chi connectivity index (χ2n) is 7.39. The molecule has 9 heteroatoms. The third-order valence-electron chi connectivity index (χ3n) is 5.65. The Morgan fingerprint density at radius 2 is 1.72 bits per heavy atom. The first-order valence-corrected chi connectivity index (χ1v) is 9.35. The fourth-order valence-electron chi connectivity index (χ4n) is 3.78. The Morgan fingerprint density at radius 3 is 2.34 bits per heavy atom. The monoisotopic (exact) mass is 422 g/mol. The molecule has 0 saturated heterocycles. The minimum Gasteiger partial charge on any atom is -0.473 e. The summed E-state index contributed by atoms with van der Waals surface area (Å²) in [6, 6.07) is 6.02. The molecule has 152 valence electrons. The lowest BCUT2D eigenvalue weighted by Gasteiger charge is -2.30. The van der Waals surface area contributed by atoms with Crippen LogP contribution >= 0.6 is 11.6 Å². The predicted octanol–water partition coefficient (Wildman–Crippen LogP) is 5.10. The molecule has 3 aromatic rings. The van der Waals surface area contributed by atoms with E-state index in [0.29, 0.717) is 11.6 Å². The quantitative estimate of drug-likeness (QED) is 0.596. The van der Waals surface area contributed by atoms with Crippen LogP contribution in [-0.4, -0.2) is 14.8 Å². The molecule has 29 heavy (non-hydrogen) atoms. The Kier molecular flexibility index (Phi) is 4.49. The molecule has 2 heterocycles. The highest BCUT2D eigenvalue weighted by molar-refractivity contribution is 6.30. The van der Waals surface area contributed by atoms with Crippen LogP contribution in [0.5, 0.6) is 5.75 Å². The standard InChI is InChI=1S/C20H18ClF3N4O/c1-9-10(2)28-18(13-5-4-12(25)8-14(13)22)26-27-19(28)20(9,3)29-17-15(23)6-11(21)7-16(17)24/h4-10H,25H2,1-3H3. The molecule has 3 atom stereocenters. The number of benzene rings is 2. The van der Waals surface area contributed by atoms with Crippen LogP contribution in [0.4, 0.5) is 18.9 Å². The first-order valence-electron chi connectivity index (χ1n) is 8.97. The predicted molar refractivity (Wildman–Crippen MR) is 103 cm³/mol. The number of nitrogens with zero attached hydrogens (tertiary/aromatic N) is 3. The summed E-state index contributed by atoms with van der Waals surface area (Å²) in [6.45, 7) is 5.44. The minimum atomic E-state index is -1.20. The van der Waals surface area contributed by atoms with E-state index < -0.39 is 28.8 Å². The highest BCUT2D eigenvalue weighted by Gasteiger charge is 2.51. The number of hydrogen-bond acceptors (Lipinski definition) is 4. The van der Waals surface area contributed by atoms with Gasteiger partial charge in [0.05, 0.1) is 5.56 Å². The maximum absolute atomic E-state index is 14.5. The van der Waals surface area contributed by atoms with E-state index in [4.69, 9.17) is 22.1 Å². The van der Waals surface area contributed by atoms with Gasteiger partial charge in [0.1, 0.15) is 5.82 Å². The number of anilines is 1. The normalized spacial score (nSPS) is 23.3. The van der Waals surface area contributed by atoms with E-state index in [1.807, 2.05) is 13.8 Å². The van der Waals surface area contributed by atoms with E-state index in [2.05, 4.69) is 10.2 Å². The Bertz CT molecular complexity index is 1100. The largest absolute Gasteiger partial charge is 0.473 e. The lowest BCUT2D eigenvalue weighted by molar-refractivity contribution is 0.0233. The second-order valence-corrected chi connectivity index (χ2v) is 7.83. The zero-order valence-corrected chi connectivity index (χ0v) is 16.6. The fourth-order valence-corrected chi connectivity index (χ4v) is 3.97. The van der Waals surface area contributed by atoms with Crippen LogP contribution in [0, 0.1) is 23.4 Å². The van der Waals surface area contributed by atoms with E-state index in [-0.39, 0.29) is 28.2 Å². The number of rotatable bonds is 3. The molecule has 0 saturated carbocycles. The molecule has 1 aromatic heterocycles. The topological polar surface area (TPSA) is 66.0 Å². The van der Waals surface area contributed by atoms with Crippen LogP contribution in [0.2, 0.25) is 5.02 Å². The summed E-state index contributed by atoms with van der Waals surface area (Å²) in [5.41, 5.74) is 4.94. The second kappa shape index (κ2) is 6.66. The first-order chi connectivity index (χ1) is 13.6. The van der Waals surface area contributed by atoms with Gasteiger partial charge in [-0.1, -0.05) is 18.5 Å². The smallest absolute Gasteiger partial charge is 0.192 e. The Hall–Kier alpha value is -2.74. The summed E-state index contributed by atoms with van der Waals surface area (Å²) in [4.78, 5) is 0. The first kappa shape index (κ1) is 19.6. The summed E-state index contributed by atoms with van der Waals surface area (Å²) in [6.07, 6.45) is 0. The molecule has 5 nitrogen and oxygen atoms in total. The molecule has 1 aliphatic rings. The van der Waals surface area contributed by atoms with Crippen molar-refractivity contribution in [2.24, 2.45) is 5.92 Å². The molecular formula is C20H18ClF3N4O. The molecule has 0 fully saturated rings. The Balaban J connectivity index is 1.83. The van der Waals surface area contributed by atoms with Crippen molar-refractivity contribution in [1.82, 2.24) is 14.8 Å². The number of nitrogen functional groups attached to an aromatic ring is 1. The zero-order valence-electron chi connectivity index (χ0n) is 15.9. The summed E-state index contributed by atoms with van der Waals surface area (Å²) in [5, 5.41) is 8.23. The van der Waals surface area contributed by atoms with E-state index >= 15 is 0 Å². The summed E-state index contributed by atoms with van der Waals surface area (Å²) in [5.74, 6) is -2.54. The molecule has 3 unspecified atom stereocenters. The van der Waals surface area contributed by atoms with Gasteiger partial charge in [-0.15, -0.1) is 10.2 Å². The number of fused-ring (bicyclic) bond motifs is 1. The van der Waals surface area contributed by atoms with Gasteiger partial charge < -0.3 is 15.0 Å². The minimum absolute atomic E-state index is 0.0744. The van der Waals surface area contributed by atoms with Crippen molar-refractivity contribution in [3.8, 4) is 17.1 Å². The average Bonchev–Trinajstić information content (AvgIpc) is 3.15. The van der Waals surface area contributed by atoms with Crippen molar-refractivity contribution in [1.29, 1.82) is 0 Å². The van der Waals surface area contributed by atoms with Crippen molar-refractivity contribution in [2.45, 2.75) is 32.4 Å². The summed E-state index contributed by atoms with van der Waals surface area (Å²) in [7, 11) is 0. The van der Waals surface area contributed by atoms with Crippen molar-refractivity contribution in [3.05, 3.63) is 58.6 Å². The van der Waals surface area contributed by atoms with Crippen LogP contribution in [0.15, 0.2) is 30.3 Å². The molecule has 0 bridgehead atoms. The number of aromatic nitrogens is 3. The molecular weight excluding hydrogens is 405 g/mol. The Labute approximate surface area is 170 Å². The molecule has 0 radical (unpaired) electrons. The molecule has 0 spiro atoms. The molecule has 0 aliphatic carbocycles. The van der Waals surface area contributed by atoms with Crippen molar-refractivity contribution < 1.29 is 17.9 Å². The van der Waals surface area contributed by atoms with Crippen LogP contribution in [0.1, 0.15) is 32.6 Å². The van der Waals surface area contributed by atoms with E-state index in [0.717, 1.165) is 12.1 Å². The van der Waals surface area contributed by atoms with Crippen LogP contribution in [-0.2, 0) is 5.60 Å². The lowest BCUT2D eigenvalue weighted by atomic mass is 9.88. The van der Waals surface area contributed by atoms with E-state index in [1.165, 1.54) is 12.1 Å². The fraction of sp³-hybridized carbons (Fsp3) is 0.300. The molecule has 4 rings (SSSR count). The summed E-state index contributed by atoms with van der Waals surface area (Å²) < 4.78 is 50.7. The SMILES string of the molecule is CC1C(C)C(C)(Oc2c(F)cc(Cl)cc2F)c2nnc(-c3ccc(N)cc3F)n21. The van der Waals surface area contributed by atoms with Crippen molar-refractivity contribution in [3.63, 3.8) is 0 Å². The van der Waals surface area contributed by atoms with Crippen molar-refractivity contribution >= 4 is 17.3 Å². The van der Waals surface area contributed by atoms with Gasteiger partial charge in [0.25, 0.3) is 0 Å². The average molecular weight is 423 g/mol. The number of ether oxygens (including phenoxy) is 1. The van der Waals surface area contributed by atoms with Crippen LogP contribution in [0.25, 0.3) is 11.4 Å². The van der Waals surface area contributed by atoms with Gasteiger partial charge in [-0.25, -0.2) is 13.2 Å². The van der Waals surface area contributed by atoms with Crippen LogP contribution in [0.3, 0.4) is 0 Å². The van der Waals surface area contributed by atoms with E-state index in [9.17, 15) is 13.2 Å². The zero-order chi connectivity index (χ0) is 21.1. The van der Waals surface area contributed by atoms with Gasteiger partial charge in [0.2, 0.25) is 0 Å². The highest BCUT2D eigenvalue weighted by Crippen LogP contribution is 2.49. The summed E-state index contributed by atoms with van der Waals surface area (Å²) >= 11 is 5.70.